The number of Topliss-reactive ketones (excluding diaryl/α,β-unsaturated/α-hetero) is 3. The summed E-state index contributed by atoms with van der Waals surface area (Å²) in [5.41, 5.74) is 0.421. The lowest BCUT2D eigenvalue weighted by molar-refractivity contribution is -0.385. The number of nitro groups is 2. The first kappa shape index (κ1) is 88.7. The van der Waals surface area contributed by atoms with E-state index >= 15 is 0 Å². The number of rotatable bonds is 20. The number of carboxylic acid groups (broad SMARTS) is 1. The number of nitrogens with zero attached hydrogens (tertiary/aromatic N) is 4. The maximum absolute atomic E-state index is 12.7. The summed E-state index contributed by atoms with van der Waals surface area (Å²) in [4.78, 5) is 122. The zero-order chi connectivity index (χ0) is 76.5. The SMILES string of the molecule is CC1COc2ccccc2N1C(=O)C(Cl)Cl.CCc1cccc(C)c1N(C(=O)CCl)C(C)COC.CS(=O)(=O)NC(=O)c1cc(Oc2ccc(C(F)(F)F)cc2Cl)ccc1[N+](=O)[O-].CS(=O)(=O)c1ccc(C(=O)C2C(=O)CCCC2=O)c([N+](=O)[O-])c1.C[S+](C)C.O=C(O)CNCP(=O)([O-])O. The third kappa shape index (κ3) is 29.0. The average molecular weight is 1570 g/mol. The van der Waals surface area contributed by atoms with Crippen LogP contribution in [0.5, 0.6) is 17.2 Å². The van der Waals surface area contributed by atoms with Gasteiger partial charge in [0.1, 0.15) is 48.8 Å². The predicted octanol–water partition coefficient (Wildman–Crippen LogP) is 9.29. The molecule has 28 nitrogen and oxygen atoms in total. The smallest absolute Gasteiger partial charge is 0.416 e. The molecule has 1 aliphatic heterocycles. The number of nitrogens with one attached hydrogen (secondary N) is 2. The molecule has 1 saturated carbocycles. The molecule has 7 rings (SSSR count). The van der Waals surface area contributed by atoms with Crippen molar-refractivity contribution in [2.24, 2.45) is 5.92 Å². The van der Waals surface area contributed by atoms with Gasteiger partial charge in [0.15, 0.2) is 32.0 Å². The molecular formula is C61H72Cl4F3N6O22PS3. The van der Waals surface area contributed by atoms with Crippen molar-refractivity contribution >= 4 is 149 Å². The molecule has 5 aromatic carbocycles. The number of carbonyl (C=O) groups excluding carboxylic acids is 6. The Bertz CT molecular complexity index is 4040. The molecule has 1 fully saturated rings. The number of aryl methyl sites for hydroxylation is 2. The first-order chi connectivity index (χ1) is 46.2. The number of carbonyl (C=O) groups is 7. The lowest BCUT2D eigenvalue weighted by atomic mass is 9.81. The van der Waals surface area contributed by atoms with E-state index in [1.54, 1.807) is 21.6 Å². The fourth-order valence-electron chi connectivity index (χ4n) is 8.85. The number of hydrogen-bond acceptors (Lipinski definition) is 21. The van der Waals surface area contributed by atoms with Crippen molar-refractivity contribution < 1.29 is 107 Å². The number of fused-ring (bicyclic) bond motifs is 1. The molecule has 0 spiro atoms. The highest BCUT2D eigenvalue weighted by molar-refractivity contribution is 7.94. The number of nitro benzene ring substituents is 2. The summed E-state index contributed by atoms with van der Waals surface area (Å²) in [6.45, 7) is 8.42. The van der Waals surface area contributed by atoms with Gasteiger partial charge in [0.25, 0.3) is 23.2 Å². The molecule has 1 heterocycles. The Hall–Kier alpha value is -7.34. The van der Waals surface area contributed by atoms with E-state index in [4.69, 9.17) is 70.6 Å². The molecule has 39 heteroatoms. The second kappa shape index (κ2) is 40.3. The second-order valence-electron chi connectivity index (χ2n) is 21.8. The number of hydrogen-bond donors (Lipinski definition) is 4. The summed E-state index contributed by atoms with van der Waals surface area (Å²) in [5.74, 6) is -6.20. The quantitative estimate of drug-likeness (QED) is 0.0107. The number of sulfonamides is 1. The zero-order valence-corrected chi connectivity index (χ0v) is 61.4. The van der Waals surface area contributed by atoms with Crippen LogP contribution in [0.1, 0.15) is 77.4 Å². The van der Waals surface area contributed by atoms with Crippen LogP contribution < -0.4 is 34.2 Å². The summed E-state index contributed by atoms with van der Waals surface area (Å²) in [6, 6.07) is 21.2. The van der Waals surface area contributed by atoms with Crippen molar-refractivity contribution in [1.29, 1.82) is 0 Å². The van der Waals surface area contributed by atoms with Gasteiger partial charge in [-0.1, -0.05) is 72.1 Å². The van der Waals surface area contributed by atoms with Gasteiger partial charge in [0.05, 0.1) is 98.8 Å². The number of anilines is 2. The summed E-state index contributed by atoms with van der Waals surface area (Å²) >= 11 is 22.8. The van der Waals surface area contributed by atoms with Crippen molar-refractivity contribution in [1.82, 2.24) is 10.0 Å². The Labute approximate surface area is 596 Å². The van der Waals surface area contributed by atoms with Crippen molar-refractivity contribution in [3.8, 4) is 17.2 Å². The van der Waals surface area contributed by atoms with Crippen molar-refractivity contribution in [3.63, 3.8) is 0 Å². The van der Waals surface area contributed by atoms with E-state index in [2.05, 4.69) is 31.8 Å². The number of ketones is 3. The topological polar surface area (TPSA) is 413 Å². The molecule has 4 N–H and O–H groups in total. The molecule has 0 radical (unpaired) electrons. The second-order valence-corrected chi connectivity index (χ2v) is 31.4. The van der Waals surface area contributed by atoms with Gasteiger partial charge in [0, 0.05) is 44.4 Å². The Morgan fingerprint density at radius 1 is 0.890 bits per heavy atom. The average Bonchev–Trinajstić information content (AvgIpc) is 0.810. The number of amides is 3. The van der Waals surface area contributed by atoms with E-state index in [9.17, 15) is 93.3 Å². The minimum atomic E-state index is -4.62. The molecule has 5 aromatic rings. The standard InChI is InChI=1S/C15H10ClF3N2O6S.C15H22ClNO2.C14H13NO7S.C11H11Cl2NO2.C3H8NO5P.C3H9S/c1-28(25,26)20-14(22)10-7-9(3-4-12(10)21(23)24)27-13-5-2-8(6-11(13)16)15(17,18)19;1-5-13-8-6-7-11(2)15(13)17(14(18)9-16)12(3)10-19-4;1-23(21,22)8-5-6-9(10(7-8)15(19)20)14(18)13-11(16)3-2-4-12(13)17;1-7-6-16-9-5-3-2-4-8(9)14(7)11(15)10(12)13;5-3(6)1-4-2-10(7,8)9;1-4(2)3/h2-7H,1H3,(H,20,22);6-8,12H,5,9-10H2,1-4H3;5-7,13H,2-4H2,1H3;2-5,7,10H,6H2,1H3;4H,1-2H2,(H,5,6)(H2,7,8,9);1-3H3/q;;;;;+1/p-1. The van der Waals surface area contributed by atoms with Gasteiger partial charge in [0.2, 0.25) is 15.9 Å². The van der Waals surface area contributed by atoms with E-state index in [1.165, 1.54) is 0 Å². The normalized spacial score (nSPS) is 14.4. The van der Waals surface area contributed by atoms with E-state index in [-0.39, 0.29) is 59.0 Å². The Morgan fingerprint density at radius 2 is 1.48 bits per heavy atom. The molecule has 550 valence electrons. The zero-order valence-electron chi connectivity index (χ0n) is 55.1. The summed E-state index contributed by atoms with van der Waals surface area (Å²) in [6.07, 6.45) is 4.18. The summed E-state index contributed by atoms with van der Waals surface area (Å²) in [7, 11) is -9.77. The monoisotopic (exact) mass is 1560 g/mol. The molecule has 3 unspecified atom stereocenters. The van der Waals surface area contributed by atoms with Crippen LogP contribution in [0.15, 0.2) is 102 Å². The van der Waals surface area contributed by atoms with Crippen LogP contribution >= 0.6 is 54.0 Å². The third-order valence-electron chi connectivity index (χ3n) is 13.0. The number of para-hydroxylation sites is 3. The highest BCUT2D eigenvalue weighted by Crippen LogP contribution is 2.39. The van der Waals surface area contributed by atoms with Crippen molar-refractivity contribution in [3.05, 3.63) is 150 Å². The highest BCUT2D eigenvalue weighted by atomic mass is 35.5. The minimum absolute atomic E-state index is 0.0223. The van der Waals surface area contributed by atoms with E-state index in [0.717, 1.165) is 77.6 Å². The summed E-state index contributed by atoms with van der Waals surface area (Å²) in [5, 5.41) is 31.8. The van der Waals surface area contributed by atoms with Gasteiger partial charge < -0.3 is 43.5 Å². The van der Waals surface area contributed by atoms with Crippen molar-refractivity contribution in [2.45, 2.75) is 81.4 Å². The predicted molar refractivity (Wildman–Crippen MR) is 370 cm³/mol. The number of ether oxygens (including phenoxy) is 3. The molecule has 2 aliphatic rings. The minimum Gasteiger partial charge on any atom is -0.778 e. The van der Waals surface area contributed by atoms with Gasteiger partial charge in [-0.25, -0.2) is 21.6 Å². The van der Waals surface area contributed by atoms with Crippen LogP contribution in [0.2, 0.25) is 5.02 Å². The molecule has 0 saturated heterocycles. The Morgan fingerprint density at radius 3 is 1.97 bits per heavy atom. The molecule has 0 aromatic heterocycles. The van der Waals surface area contributed by atoms with Crippen LogP contribution in [0.4, 0.5) is 35.9 Å². The molecule has 1 aliphatic carbocycles. The van der Waals surface area contributed by atoms with Gasteiger partial charge in [-0.2, -0.15) is 13.2 Å². The molecule has 100 heavy (non-hydrogen) atoms. The van der Waals surface area contributed by atoms with E-state index in [0.29, 0.717) is 54.7 Å². The number of aliphatic carboxylic acids is 1. The molecule has 0 bridgehead atoms. The van der Waals surface area contributed by atoms with Crippen LogP contribution in [0.3, 0.4) is 0 Å². The Balaban J connectivity index is 0.000000432. The number of halogens is 7. The lowest BCUT2D eigenvalue weighted by Gasteiger charge is -2.35. The maximum atomic E-state index is 12.7. The number of benzene rings is 5. The van der Waals surface area contributed by atoms with Gasteiger partial charge in [-0.15, -0.1) is 11.6 Å². The van der Waals surface area contributed by atoms with Gasteiger partial charge in [-0.05, 0) is 104 Å². The fourth-order valence-corrected chi connectivity index (χ4v) is 10.9. The number of carboxylic acids is 1. The fraction of sp³-hybridized carbons (Fsp3) is 0.393. The molecule has 3 atom stereocenters. The van der Waals surface area contributed by atoms with E-state index in [1.807, 2.05) is 62.5 Å². The van der Waals surface area contributed by atoms with Crippen molar-refractivity contribution in [2.75, 3.05) is 80.1 Å². The van der Waals surface area contributed by atoms with Gasteiger partial charge >= 0.3 is 12.1 Å². The molecular weight excluding hydrogens is 1490 g/mol. The number of methoxy groups -OCH3 is 1. The maximum Gasteiger partial charge on any atom is 0.416 e. The first-order valence-corrected chi connectivity index (χ1v) is 38.7. The largest absolute Gasteiger partial charge is 0.778 e. The van der Waals surface area contributed by atoms with Crippen LogP contribution in [0, 0.1) is 33.1 Å². The summed E-state index contributed by atoms with van der Waals surface area (Å²) < 4.78 is 111. The Kier molecular flexibility index (Phi) is 35.8. The lowest BCUT2D eigenvalue weighted by Crippen LogP contribution is -2.47. The van der Waals surface area contributed by atoms with Crippen LogP contribution in [-0.4, -0.2) is 165 Å². The number of sulfone groups is 1. The van der Waals surface area contributed by atoms with Gasteiger partial charge in [-0.3, -0.25) is 59.1 Å². The molecule has 3 amide bonds. The first-order valence-electron chi connectivity index (χ1n) is 28.9. The third-order valence-corrected chi connectivity index (χ3v) is 16.2. The van der Waals surface area contributed by atoms with E-state index < -0.39 is 129 Å². The number of alkyl halides is 6. The highest BCUT2D eigenvalue weighted by Gasteiger charge is 2.40. The van der Waals surface area contributed by atoms with Crippen LogP contribution in [0.25, 0.3) is 0 Å². The van der Waals surface area contributed by atoms with Crippen LogP contribution in [-0.2, 0) is 76.6 Å².